The summed E-state index contributed by atoms with van der Waals surface area (Å²) in [4.78, 5) is 17.8. The van der Waals surface area contributed by atoms with Crippen molar-refractivity contribution in [3.8, 4) is 0 Å². The number of carbonyl (C=O) groups is 1. The summed E-state index contributed by atoms with van der Waals surface area (Å²) >= 11 is 0. The molecule has 1 aromatic rings. The molecule has 6 nitrogen and oxygen atoms in total. The summed E-state index contributed by atoms with van der Waals surface area (Å²) in [6, 6.07) is 6.90. The molecule has 1 amide bonds. The maximum Gasteiger partial charge on any atom is 0.254 e. The summed E-state index contributed by atoms with van der Waals surface area (Å²) < 4.78 is 27.6. The van der Waals surface area contributed by atoms with Gasteiger partial charge >= 0.3 is 0 Å². The number of piperidine rings is 1. The van der Waals surface area contributed by atoms with Gasteiger partial charge in [-0.1, -0.05) is 6.42 Å². The normalized spacial score (nSPS) is 26.9. The topological polar surface area (TPSA) is 60.9 Å². The van der Waals surface area contributed by atoms with Crippen LogP contribution in [0.5, 0.6) is 0 Å². The van der Waals surface area contributed by atoms with Crippen molar-refractivity contribution >= 4 is 15.9 Å². The van der Waals surface area contributed by atoms with Gasteiger partial charge in [-0.05, 0) is 82.8 Å². The van der Waals surface area contributed by atoms with Crippen LogP contribution in [-0.4, -0.2) is 73.2 Å². The Morgan fingerprint density at radius 2 is 1.62 bits per heavy atom. The highest BCUT2D eigenvalue weighted by atomic mass is 32.2. The third-order valence-corrected chi connectivity index (χ3v) is 8.78. The van der Waals surface area contributed by atoms with Crippen molar-refractivity contribution < 1.29 is 13.2 Å². The predicted octanol–water partition coefficient (Wildman–Crippen LogP) is 2.95. The third-order valence-electron chi connectivity index (χ3n) is 6.76. The molecule has 3 aliphatic rings. The predicted molar refractivity (Wildman–Crippen MR) is 113 cm³/mol. The molecular weight excluding hydrogens is 386 g/mol. The van der Waals surface area contributed by atoms with E-state index in [4.69, 9.17) is 0 Å². The number of carbonyl (C=O) groups excluding carboxylic acids is 1. The van der Waals surface area contributed by atoms with Gasteiger partial charge in [0.15, 0.2) is 0 Å². The molecule has 1 aromatic carbocycles. The first kappa shape index (κ1) is 20.8. The van der Waals surface area contributed by atoms with Crippen LogP contribution in [0.4, 0.5) is 0 Å². The molecule has 0 aromatic heterocycles. The summed E-state index contributed by atoms with van der Waals surface area (Å²) in [5.74, 6) is 0.0296. The fourth-order valence-electron chi connectivity index (χ4n) is 5.06. The van der Waals surface area contributed by atoms with Gasteiger partial charge in [0.05, 0.1) is 4.90 Å². The molecule has 0 N–H and O–H groups in total. The fourth-order valence-corrected chi connectivity index (χ4v) is 6.76. The number of rotatable bonds is 5. The molecule has 0 spiro atoms. The van der Waals surface area contributed by atoms with Crippen molar-refractivity contribution in [2.75, 3.05) is 32.7 Å². The van der Waals surface area contributed by atoms with Crippen LogP contribution >= 0.6 is 0 Å². The van der Waals surface area contributed by atoms with Crippen molar-refractivity contribution in [2.45, 2.75) is 68.8 Å². The second-order valence-electron chi connectivity index (χ2n) is 8.79. The van der Waals surface area contributed by atoms with E-state index in [9.17, 15) is 13.2 Å². The maximum atomic E-state index is 13.1. The molecule has 7 heteroatoms. The van der Waals surface area contributed by atoms with Crippen molar-refractivity contribution in [1.29, 1.82) is 0 Å². The minimum absolute atomic E-state index is 0.0296. The van der Waals surface area contributed by atoms with Crippen molar-refractivity contribution in [3.05, 3.63) is 29.8 Å². The zero-order valence-electron chi connectivity index (χ0n) is 17.4. The monoisotopic (exact) mass is 419 g/mol. The maximum absolute atomic E-state index is 13.1. The van der Waals surface area contributed by atoms with Crippen LogP contribution in [0.15, 0.2) is 29.2 Å². The molecule has 160 valence electrons. The second kappa shape index (κ2) is 8.74. The first-order valence-corrected chi connectivity index (χ1v) is 12.6. The van der Waals surface area contributed by atoms with Crippen LogP contribution < -0.4 is 0 Å². The van der Waals surface area contributed by atoms with Crippen LogP contribution in [0.1, 0.15) is 62.2 Å². The van der Waals surface area contributed by atoms with Crippen molar-refractivity contribution in [3.63, 3.8) is 0 Å². The Bertz CT molecular complexity index is 818. The lowest BCUT2D eigenvalue weighted by Gasteiger charge is -2.32. The summed E-state index contributed by atoms with van der Waals surface area (Å²) in [5.41, 5.74) is 0.587. The van der Waals surface area contributed by atoms with E-state index in [0.29, 0.717) is 12.1 Å². The highest BCUT2D eigenvalue weighted by molar-refractivity contribution is 7.89. The van der Waals surface area contributed by atoms with Gasteiger partial charge in [-0.25, -0.2) is 8.42 Å². The molecule has 3 saturated heterocycles. The number of amides is 1. The molecule has 2 unspecified atom stereocenters. The lowest BCUT2D eigenvalue weighted by atomic mass is 10.1. The first-order valence-electron chi connectivity index (χ1n) is 11.1. The lowest BCUT2D eigenvalue weighted by molar-refractivity contribution is 0.0708. The molecule has 4 rings (SSSR count). The standard InChI is InChI=1S/C22H33N3O3S/c1-18-7-2-3-16-25(18)29(27,28)21-11-9-19(10-12-21)22(26)24-15-6-8-20(24)17-23-13-4-5-14-23/h9-12,18,20H,2-8,13-17H2,1H3. The van der Waals surface area contributed by atoms with E-state index in [1.54, 1.807) is 28.6 Å². The van der Waals surface area contributed by atoms with E-state index in [1.165, 1.54) is 12.8 Å². The molecule has 3 fully saturated rings. The van der Waals surface area contributed by atoms with E-state index >= 15 is 0 Å². The smallest absolute Gasteiger partial charge is 0.254 e. The average Bonchev–Trinajstić information content (AvgIpc) is 3.40. The second-order valence-corrected chi connectivity index (χ2v) is 10.7. The molecular formula is C22H33N3O3S. The Hall–Kier alpha value is -1.44. The van der Waals surface area contributed by atoms with E-state index in [0.717, 1.165) is 58.3 Å². The Kier molecular flexibility index (Phi) is 6.27. The zero-order chi connectivity index (χ0) is 20.4. The van der Waals surface area contributed by atoms with Crippen LogP contribution in [0.3, 0.4) is 0 Å². The van der Waals surface area contributed by atoms with Crippen molar-refractivity contribution in [2.24, 2.45) is 0 Å². The first-order chi connectivity index (χ1) is 14.0. The van der Waals surface area contributed by atoms with Gasteiger partial charge in [-0.2, -0.15) is 4.31 Å². The Morgan fingerprint density at radius 3 is 2.31 bits per heavy atom. The highest BCUT2D eigenvalue weighted by Gasteiger charge is 2.33. The Labute approximate surface area is 174 Å². The van der Waals surface area contributed by atoms with Gasteiger partial charge in [0.1, 0.15) is 0 Å². The van der Waals surface area contributed by atoms with Gasteiger partial charge in [0, 0.05) is 37.3 Å². The van der Waals surface area contributed by atoms with Gasteiger partial charge in [0.25, 0.3) is 5.91 Å². The van der Waals surface area contributed by atoms with E-state index in [1.807, 2.05) is 11.8 Å². The molecule has 3 aliphatic heterocycles. The highest BCUT2D eigenvalue weighted by Crippen LogP contribution is 2.27. The molecule has 0 bridgehead atoms. The number of hydrogen-bond acceptors (Lipinski definition) is 4. The summed E-state index contributed by atoms with van der Waals surface area (Å²) in [7, 11) is -3.50. The van der Waals surface area contributed by atoms with Crippen LogP contribution in [0.25, 0.3) is 0 Å². The number of nitrogens with zero attached hydrogens (tertiary/aromatic N) is 3. The van der Waals surface area contributed by atoms with Gasteiger partial charge in [0.2, 0.25) is 10.0 Å². The number of hydrogen-bond donors (Lipinski definition) is 0. The molecule has 0 radical (unpaired) electrons. The molecule has 3 heterocycles. The number of likely N-dealkylation sites (tertiary alicyclic amines) is 2. The van der Waals surface area contributed by atoms with Crippen LogP contribution in [-0.2, 0) is 10.0 Å². The largest absolute Gasteiger partial charge is 0.334 e. The van der Waals surface area contributed by atoms with Crippen molar-refractivity contribution in [1.82, 2.24) is 14.1 Å². The minimum Gasteiger partial charge on any atom is -0.334 e. The summed E-state index contributed by atoms with van der Waals surface area (Å²) in [6.07, 6.45) is 7.51. The summed E-state index contributed by atoms with van der Waals surface area (Å²) in [6.45, 7) is 6.59. The van der Waals surface area contributed by atoms with Crippen LogP contribution in [0.2, 0.25) is 0 Å². The fraction of sp³-hybridized carbons (Fsp3) is 0.682. The Balaban J connectivity index is 1.46. The quantitative estimate of drug-likeness (QED) is 0.736. The van der Waals surface area contributed by atoms with Crippen LogP contribution in [0, 0.1) is 0 Å². The number of sulfonamides is 1. The number of benzene rings is 1. The van der Waals surface area contributed by atoms with Gasteiger partial charge in [-0.15, -0.1) is 0 Å². The third kappa shape index (κ3) is 4.37. The zero-order valence-corrected chi connectivity index (χ0v) is 18.2. The SMILES string of the molecule is CC1CCCCN1S(=O)(=O)c1ccc(C(=O)N2CCCC2CN2CCCC2)cc1. The minimum atomic E-state index is -3.50. The van der Waals surface area contributed by atoms with E-state index in [-0.39, 0.29) is 22.9 Å². The van der Waals surface area contributed by atoms with E-state index in [2.05, 4.69) is 4.90 Å². The van der Waals surface area contributed by atoms with E-state index < -0.39 is 10.0 Å². The molecule has 0 aliphatic carbocycles. The lowest BCUT2D eigenvalue weighted by Crippen LogP contribution is -2.42. The summed E-state index contributed by atoms with van der Waals surface area (Å²) in [5, 5.41) is 0. The molecule has 29 heavy (non-hydrogen) atoms. The Morgan fingerprint density at radius 1 is 0.931 bits per heavy atom. The molecule has 2 atom stereocenters. The molecule has 0 saturated carbocycles. The average molecular weight is 420 g/mol. The van der Waals surface area contributed by atoms with Gasteiger partial charge < -0.3 is 9.80 Å². The van der Waals surface area contributed by atoms with Gasteiger partial charge in [-0.3, -0.25) is 4.79 Å².